The summed E-state index contributed by atoms with van der Waals surface area (Å²) >= 11 is 1.38. The predicted octanol–water partition coefficient (Wildman–Crippen LogP) is 1.06. The molecule has 1 amide bonds. The van der Waals surface area contributed by atoms with E-state index in [0.717, 1.165) is 0 Å². The molecule has 14 heavy (non-hydrogen) atoms. The van der Waals surface area contributed by atoms with Crippen LogP contribution in [0, 0.1) is 0 Å². The quantitative estimate of drug-likeness (QED) is 0.820. The van der Waals surface area contributed by atoms with E-state index < -0.39 is 0 Å². The van der Waals surface area contributed by atoms with Crippen LogP contribution in [0.1, 0.15) is 16.2 Å². The zero-order valence-corrected chi connectivity index (χ0v) is 7.95. The number of rotatable bonds is 3. The first-order chi connectivity index (χ1) is 6.86. The van der Waals surface area contributed by atoms with Crippen LogP contribution >= 0.6 is 11.3 Å². The second-order valence-electron chi connectivity index (χ2n) is 2.54. The van der Waals surface area contributed by atoms with Gasteiger partial charge in [0.15, 0.2) is 5.76 Å². The van der Waals surface area contributed by atoms with E-state index in [2.05, 4.69) is 15.5 Å². The number of thiazole rings is 1. The van der Waals surface area contributed by atoms with Gasteiger partial charge in [-0.2, -0.15) is 0 Å². The number of nitrogens with one attached hydrogen (secondary N) is 1. The molecule has 72 valence electrons. The van der Waals surface area contributed by atoms with Gasteiger partial charge < -0.3 is 9.84 Å². The van der Waals surface area contributed by atoms with E-state index in [9.17, 15) is 4.79 Å². The minimum absolute atomic E-state index is 0.206. The van der Waals surface area contributed by atoms with Gasteiger partial charge in [0.25, 0.3) is 5.91 Å². The van der Waals surface area contributed by atoms with Gasteiger partial charge >= 0.3 is 0 Å². The maximum Gasteiger partial charge on any atom is 0.271 e. The highest BCUT2D eigenvalue weighted by molar-refractivity contribution is 7.07. The second-order valence-corrected chi connectivity index (χ2v) is 3.25. The van der Waals surface area contributed by atoms with Gasteiger partial charge in [-0.3, -0.25) is 4.79 Å². The monoisotopic (exact) mass is 209 g/mol. The van der Waals surface area contributed by atoms with Crippen LogP contribution in [0.4, 0.5) is 0 Å². The Morgan fingerprint density at radius 3 is 3.21 bits per heavy atom. The number of amides is 1. The fourth-order valence-corrected chi connectivity index (χ4v) is 1.45. The minimum atomic E-state index is -0.206. The lowest BCUT2D eigenvalue weighted by molar-refractivity contribution is 0.0943. The second kappa shape index (κ2) is 4.01. The first kappa shape index (κ1) is 8.89. The van der Waals surface area contributed by atoms with Crippen molar-refractivity contribution in [3.8, 4) is 0 Å². The van der Waals surface area contributed by atoms with Gasteiger partial charge in [0.1, 0.15) is 5.69 Å². The molecule has 0 saturated carbocycles. The largest absolute Gasteiger partial charge is 0.360 e. The number of hydrogen-bond acceptors (Lipinski definition) is 5. The molecule has 1 N–H and O–H groups in total. The predicted molar refractivity (Wildman–Crippen MR) is 49.8 cm³/mol. The van der Waals surface area contributed by atoms with E-state index in [1.165, 1.54) is 17.5 Å². The third-order valence-corrected chi connectivity index (χ3v) is 2.17. The number of nitrogens with zero attached hydrogens (tertiary/aromatic N) is 2. The van der Waals surface area contributed by atoms with Crippen molar-refractivity contribution in [2.75, 3.05) is 0 Å². The summed E-state index contributed by atoms with van der Waals surface area (Å²) in [6, 6.07) is 1.70. The molecule has 0 saturated heterocycles. The molecule has 6 heteroatoms. The molecule has 0 aromatic carbocycles. The molecule has 0 bridgehead atoms. The third kappa shape index (κ3) is 1.97. The molecule has 0 aliphatic heterocycles. The van der Waals surface area contributed by atoms with E-state index in [1.807, 2.05) is 0 Å². The van der Waals surface area contributed by atoms with Crippen molar-refractivity contribution in [3.05, 3.63) is 34.6 Å². The van der Waals surface area contributed by atoms with Crippen LogP contribution in [0.5, 0.6) is 0 Å². The van der Waals surface area contributed by atoms with E-state index in [1.54, 1.807) is 17.0 Å². The summed E-state index contributed by atoms with van der Waals surface area (Å²) in [6.07, 6.45) is 1.53. The van der Waals surface area contributed by atoms with Gasteiger partial charge in [-0.25, -0.2) is 4.98 Å². The first-order valence-corrected chi connectivity index (χ1v) is 4.86. The SMILES string of the molecule is O=C(NCc1ccno1)c1cscn1. The van der Waals surface area contributed by atoms with Gasteiger partial charge in [-0.05, 0) is 0 Å². The summed E-state index contributed by atoms with van der Waals surface area (Å²) in [5, 5.41) is 7.87. The average Bonchev–Trinajstić information content (AvgIpc) is 2.87. The molecular weight excluding hydrogens is 202 g/mol. The van der Waals surface area contributed by atoms with Crippen molar-refractivity contribution >= 4 is 17.2 Å². The lowest BCUT2D eigenvalue weighted by Crippen LogP contribution is -2.22. The Morgan fingerprint density at radius 2 is 2.57 bits per heavy atom. The maximum atomic E-state index is 11.4. The normalized spacial score (nSPS) is 10.0. The van der Waals surface area contributed by atoms with Crippen LogP contribution in [0.3, 0.4) is 0 Å². The summed E-state index contributed by atoms with van der Waals surface area (Å²) in [5.41, 5.74) is 2.04. The molecule has 0 atom stereocenters. The molecule has 0 radical (unpaired) electrons. The highest BCUT2D eigenvalue weighted by atomic mass is 32.1. The Hall–Kier alpha value is -1.69. The average molecular weight is 209 g/mol. The summed E-state index contributed by atoms with van der Waals surface area (Å²) in [7, 11) is 0. The summed E-state index contributed by atoms with van der Waals surface area (Å²) < 4.78 is 4.82. The fourth-order valence-electron chi connectivity index (χ4n) is 0.916. The number of carbonyl (C=O) groups is 1. The van der Waals surface area contributed by atoms with E-state index >= 15 is 0 Å². The van der Waals surface area contributed by atoms with E-state index in [4.69, 9.17) is 4.52 Å². The van der Waals surface area contributed by atoms with Crippen LogP contribution in [-0.2, 0) is 6.54 Å². The minimum Gasteiger partial charge on any atom is -0.360 e. The summed E-state index contributed by atoms with van der Waals surface area (Å²) in [4.78, 5) is 15.2. The number of aromatic nitrogens is 2. The molecule has 0 unspecified atom stereocenters. The number of hydrogen-bond donors (Lipinski definition) is 1. The molecule has 5 nitrogen and oxygen atoms in total. The van der Waals surface area contributed by atoms with Gasteiger partial charge in [-0.1, -0.05) is 5.16 Å². The van der Waals surface area contributed by atoms with Crippen LogP contribution in [0.25, 0.3) is 0 Å². The van der Waals surface area contributed by atoms with Gasteiger partial charge in [0, 0.05) is 11.4 Å². The van der Waals surface area contributed by atoms with Gasteiger partial charge in [-0.15, -0.1) is 11.3 Å². The van der Waals surface area contributed by atoms with Gasteiger partial charge in [0.05, 0.1) is 18.3 Å². The molecule has 0 aliphatic rings. The smallest absolute Gasteiger partial charge is 0.271 e. The van der Waals surface area contributed by atoms with E-state index in [0.29, 0.717) is 18.0 Å². The van der Waals surface area contributed by atoms with Crippen molar-refractivity contribution in [1.29, 1.82) is 0 Å². The molecule has 2 rings (SSSR count). The lowest BCUT2D eigenvalue weighted by Gasteiger charge is -1.98. The topological polar surface area (TPSA) is 68.0 Å². The highest BCUT2D eigenvalue weighted by Gasteiger charge is 2.07. The molecule has 2 aromatic rings. The van der Waals surface area contributed by atoms with Crippen molar-refractivity contribution in [2.24, 2.45) is 0 Å². The lowest BCUT2D eigenvalue weighted by atomic mass is 10.4. The Balaban J connectivity index is 1.90. The Bertz CT molecular complexity index is 396. The molecular formula is C8H7N3O2S. The van der Waals surface area contributed by atoms with Crippen molar-refractivity contribution < 1.29 is 9.32 Å². The third-order valence-electron chi connectivity index (χ3n) is 1.58. The number of carbonyl (C=O) groups excluding carboxylic acids is 1. The first-order valence-electron chi connectivity index (χ1n) is 3.92. The highest BCUT2D eigenvalue weighted by Crippen LogP contribution is 2.01. The summed E-state index contributed by atoms with van der Waals surface area (Å²) in [5.74, 6) is 0.413. The van der Waals surface area contributed by atoms with Crippen LogP contribution in [0.15, 0.2) is 27.7 Å². The van der Waals surface area contributed by atoms with Crippen molar-refractivity contribution in [3.63, 3.8) is 0 Å². The van der Waals surface area contributed by atoms with Crippen molar-refractivity contribution in [1.82, 2.24) is 15.5 Å². The molecule has 2 aromatic heterocycles. The van der Waals surface area contributed by atoms with E-state index in [-0.39, 0.29) is 5.91 Å². The zero-order chi connectivity index (χ0) is 9.80. The molecule has 0 fully saturated rings. The molecule has 0 spiro atoms. The molecule has 2 heterocycles. The fraction of sp³-hybridized carbons (Fsp3) is 0.125. The maximum absolute atomic E-state index is 11.4. The Morgan fingerprint density at radius 1 is 1.64 bits per heavy atom. The van der Waals surface area contributed by atoms with Crippen molar-refractivity contribution in [2.45, 2.75) is 6.54 Å². The Kier molecular flexibility index (Phi) is 2.55. The van der Waals surface area contributed by atoms with Crippen LogP contribution in [-0.4, -0.2) is 16.0 Å². The van der Waals surface area contributed by atoms with Crippen LogP contribution in [0.2, 0.25) is 0 Å². The van der Waals surface area contributed by atoms with Crippen LogP contribution < -0.4 is 5.32 Å². The molecule has 0 aliphatic carbocycles. The summed E-state index contributed by atoms with van der Waals surface area (Å²) in [6.45, 7) is 0.330. The standard InChI is InChI=1S/C8H7N3O2S/c12-8(7-4-14-5-10-7)9-3-6-1-2-11-13-6/h1-2,4-5H,3H2,(H,9,12). The zero-order valence-electron chi connectivity index (χ0n) is 7.14. The van der Waals surface area contributed by atoms with Gasteiger partial charge in [0.2, 0.25) is 0 Å². The Labute approximate surface area is 83.8 Å².